The van der Waals surface area contributed by atoms with E-state index in [4.69, 9.17) is 0 Å². The average Bonchev–Trinajstić information content (AvgIpc) is 2.38. The summed E-state index contributed by atoms with van der Waals surface area (Å²) in [6, 6.07) is 3.86. The van der Waals surface area contributed by atoms with Crippen molar-refractivity contribution in [2.24, 2.45) is 0 Å². The molecule has 0 aromatic heterocycles. The standard InChI is InChI=1S/C12H17N3O4S.ClH/c1-9-3-4-11(7-12(9)15(16)17)20(18,19)14-6-5-13-8-10(14)2;/h3-4,7,10,13H,5-6,8H2,1-2H3;1H. The molecule has 118 valence electrons. The zero-order chi connectivity index (χ0) is 14.9. The Morgan fingerprint density at radius 1 is 1.43 bits per heavy atom. The first kappa shape index (κ1) is 17.8. The van der Waals surface area contributed by atoms with Crippen molar-refractivity contribution in [2.45, 2.75) is 24.8 Å². The molecule has 1 aromatic rings. The van der Waals surface area contributed by atoms with Crippen LogP contribution in [0, 0.1) is 17.0 Å². The molecule has 1 saturated heterocycles. The molecule has 1 fully saturated rings. The van der Waals surface area contributed by atoms with Crippen molar-refractivity contribution in [1.29, 1.82) is 0 Å². The minimum Gasteiger partial charge on any atom is -0.314 e. The van der Waals surface area contributed by atoms with E-state index in [1.807, 2.05) is 6.92 Å². The van der Waals surface area contributed by atoms with Gasteiger partial charge in [-0.3, -0.25) is 10.1 Å². The number of halogens is 1. The van der Waals surface area contributed by atoms with E-state index in [1.165, 1.54) is 16.4 Å². The van der Waals surface area contributed by atoms with Crippen molar-refractivity contribution in [2.75, 3.05) is 19.6 Å². The Hall–Kier alpha value is -1.22. The maximum Gasteiger partial charge on any atom is 0.273 e. The van der Waals surface area contributed by atoms with E-state index in [0.717, 1.165) is 6.07 Å². The van der Waals surface area contributed by atoms with Crippen LogP contribution in [-0.2, 0) is 10.0 Å². The van der Waals surface area contributed by atoms with Crippen LogP contribution in [0.15, 0.2) is 23.1 Å². The van der Waals surface area contributed by atoms with Crippen molar-refractivity contribution < 1.29 is 13.3 Å². The summed E-state index contributed by atoms with van der Waals surface area (Å²) in [6.45, 7) is 4.92. The van der Waals surface area contributed by atoms with Gasteiger partial charge in [0.15, 0.2) is 0 Å². The molecule has 21 heavy (non-hydrogen) atoms. The lowest BCUT2D eigenvalue weighted by Gasteiger charge is -2.32. The van der Waals surface area contributed by atoms with E-state index >= 15 is 0 Å². The number of nitro groups is 1. The van der Waals surface area contributed by atoms with E-state index in [1.54, 1.807) is 6.92 Å². The fraction of sp³-hybridized carbons (Fsp3) is 0.500. The Morgan fingerprint density at radius 2 is 2.10 bits per heavy atom. The molecule has 1 aromatic carbocycles. The molecule has 1 atom stereocenters. The van der Waals surface area contributed by atoms with Crippen molar-refractivity contribution in [3.63, 3.8) is 0 Å². The molecule has 9 heteroatoms. The maximum absolute atomic E-state index is 12.6. The van der Waals surface area contributed by atoms with Crippen LogP contribution in [0.1, 0.15) is 12.5 Å². The Balaban J connectivity index is 0.00000220. The first-order valence-electron chi connectivity index (χ1n) is 6.31. The highest BCUT2D eigenvalue weighted by Crippen LogP contribution is 2.25. The Kier molecular flexibility index (Phi) is 5.68. The number of benzene rings is 1. The van der Waals surface area contributed by atoms with Crippen molar-refractivity contribution in [1.82, 2.24) is 9.62 Å². The Bertz CT molecular complexity index is 635. The van der Waals surface area contributed by atoms with Crippen LogP contribution < -0.4 is 5.32 Å². The van der Waals surface area contributed by atoms with E-state index in [-0.39, 0.29) is 29.0 Å². The van der Waals surface area contributed by atoms with Gasteiger partial charge >= 0.3 is 0 Å². The maximum atomic E-state index is 12.6. The number of nitrogens with zero attached hydrogens (tertiary/aromatic N) is 2. The summed E-state index contributed by atoms with van der Waals surface area (Å²) < 4.78 is 26.5. The number of rotatable bonds is 3. The zero-order valence-corrected chi connectivity index (χ0v) is 13.4. The van der Waals surface area contributed by atoms with E-state index in [9.17, 15) is 18.5 Å². The highest BCUT2D eigenvalue weighted by molar-refractivity contribution is 7.89. The Morgan fingerprint density at radius 3 is 2.67 bits per heavy atom. The minimum absolute atomic E-state index is 0. The van der Waals surface area contributed by atoms with E-state index < -0.39 is 14.9 Å². The second kappa shape index (κ2) is 6.69. The average molecular weight is 336 g/mol. The molecular weight excluding hydrogens is 318 g/mol. The summed E-state index contributed by atoms with van der Waals surface area (Å²) in [7, 11) is -3.70. The largest absolute Gasteiger partial charge is 0.314 e. The lowest BCUT2D eigenvalue weighted by Crippen LogP contribution is -2.52. The molecule has 0 spiro atoms. The third-order valence-corrected chi connectivity index (χ3v) is 5.43. The lowest BCUT2D eigenvalue weighted by atomic mass is 10.2. The van der Waals surface area contributed by atoms with Crippen LogP contribution in [0.25, 0.3) is 0 Å². The summed E-state index contributed by atoms with van der Waals surface area (Å²) >= 11 is 0. The first-order chi connectivity index (χ1) is 9.34. The molecule has 1 unspecified atom stereocenters. The normalized spacial score (nSPS) is 19.8. The topological polar surface area (TPSA) is 92.6 Å². The summed E-state index contributed by atoms with van der Waals surface area (Å²) in [5.41, 5.74) is 0.274. The van der Waals surface area contributed by atoms with Gasteiger partial charge in [0, 0.05) is 37.3 Å². The van der Waals surface area contributed by atoms with E-state index in [0.29, 0.717) is 25.2 Å². The molecule has 7 nitrogen and oxygen atoms in total. The summed E-state index contributed by atoms with van der Waals surface area (Å²) in [5.74, 6) is 0. The zero-order valence-electron chi connectivity index (χ0n) is 11.8. The molecule has 0 aliphatic carbocycles. The van der Waals surface area contributed by atoms with Crippen LogP contribution >= 0.6 is 12.4 Å². The second-order valence-electron chi connectivity index (χ2n) is 4.87. The van der Waals surface area contributed by atoms with Crippen LogP contribution in [0.4, 0.5) is 5.69 Å². The molecule has 1 aliphatic heterocycles. The predicted octanol–water partition coefficient (Wildman–Crippen LogP) is 1.31. The van der Waals surface area contributed by atoms with Gasteiger partial charge in [-0.2, -0.15) is 4.31 Å². The van der Waals surface area contributed by atoms with Crippen LogP contribution in [0.3, 0.4) is 0 Å². The van der Waals surface area contributed by atoms with Crippen molar-refractivity contribution in [3.8, 4) is 0 Å². The molecule has 0 amide bonds. The lowest BCUT2D eigenvalue weighted by molar-refractivity contribution is -0.385. The quantitative estimate of drug-likeness (QED) is 0.664. The van der Waals surface area contributed by atoms with Gasteiger partial charge in [-0.1, -0.05) is 6.07 Å². The summed E-state index contributed by atoms with van der Waals surface area (Å²) in [6.07, 6.45) is 0. The third-order valence-electron chi connectivity index (χ3n) is 3.42. The summed E-state index contributed by atoms with van der Waals surface area (Å²) in [5, 5.41) is 14.0. The van der Waals surface area contributed by atoms with Crippen LogP contribution in [-0.4, -0.2) is 43.3 Å². The van der Waals surface area contributed by atoms with E-state index in [2.05, 4.69) is 5.32 Å². The third kappa shape index (κ3) is 3.52. The molecule has 0 bridgehead atoms. The van der Waals surface area contributed by atoms with Crippen LogP contribution in [0.5, 0.6) is 0 Å². The van der Waals surface area contributed by atoms with Gasteiger partial charge in [-0.25, -0.2) is 8.42 Å². The van der Waals surface area contributed by atoms with Gasteiger partial charge in [0.1, 0.15) is 0 Å². The van der Waals surface area contributed by atoms with Gasteiger partial charge in [-0.05, 0) is 19.9 Å². The molecule has 1 N–H and O–H groups in total. The van der Waals surface area contributed by atoms with Crippen LogP contribution in [0.2, 0.25) is 0 Å². The molecule has 0 radical (unpaired) electrons. The number of nitro benzene ring substituents is 1. The predicted molar refractivity (Wildman–Crippen MR) is 81.3 cm³/mol. The molecule has 2 rings (SSSR count). The Labute approximate surface area is 129 Å². The monoisotopic (exact) mass is 335 g/mol. The van der Waals surface area contributed by atoms with Gasteiger partial charge in [-0.15, -0.1) is 12.4 Å². The highest BCUT2D eigenvalue weighted by Gasteiger charge is 2.32. The summed E-state index contributed by atoms with van der Waals surface area (Å²) in [4.78, 5) is 10.3. The molecule has 1 aliphatic rings. The fourth-order valence-electron chi connectivity index (χ4n) is 2.26. The molecular formula is C12H18ClN3O4S. The molecule has 0 saturated carbocycles. The number of piperazine rings is 1. The molecule has 1 heterocycles. The second-order valence-corrected chi connectivity index (χ2v) is 6.76. The first-order valence-corrected chi connectivity index (χ1v) is 7.75. The van der Waals surface area contributed by atoms with Gasteiger partial charge in [0.2, 0.25) is 10.0 Å². The number of aryl methyl sites for hydroxylation is 1. The van der Waals surface area contributed by atoms with Gasteiger partial charge in [0.25, 0.3) is 5.69 Å². The number of sulfonamides is 1. The number of nitrogens with one attached hydrogen (secondary N) is 1. The van der Waals surface area contributed by atoms with Gasteiger partial charge < -0.3 is 5.32 Å². The number of hydrogen-bond donors (Lipinski definition) is 1. The SMILES string of the molecule is Cc1ccc(S(=O)(=O)N2CCNCC2C)cc1[N+](=O)[O-].Cl. The van der Waals surface area contributed by atoms with Crippen molar-refractivity contribution >= 4 is 28.1 Å². The fourth-order valence-corrected chi connectivity index (χ4v) is 3.91. The minimum atomic E-state index is -3.70. The van der Waals surface area contributed by atoms with Gasteiger partial charge in [0.05, 0.1) is 9.82 Å². The smallest absolute Gasteiger partial charge is 0.273 e. The van der Waals surface area contributed by atoms with Crippen molar-refractivity contribution in [3.05, 3.63) is 33.9 Å². The highest BCUT2D eigenvalue weighted by atomic mass is 35.5. The number of hydrogen-bond acceptors (Lipinski definition) is 5.